The normalized spacial score (nSPS) is 15.2. The van der Waals surface area contributed by atoms with Crippen LogP contribution < -0.4 is 11.5 Å². The number of hydrogen-bond acceptors (Lipinski definition) is 13. The molecule has 17 nitrogen and oxygen atoms in total. The van der Waals surface area contributed by atoms with Gasteiger partial charge in [0.05, 0.1) is 0 Å². The predicted molar refractivity (Wildman–Crippen MR) is 187 cm³/mol. The lowest BCUT2D eigenvalue weighted by molar-refractivity contribution is -0.158. The molecule has 1 fully saturated rings. The molecule has 0 radical (unpaired) electrons. The third-order valence-corrected chi connectivity index (χ3v) is 6.59. The van der Waals surface area contributed by atoms with Gasteiger partial charge in [0.1, 0.15) is 35.9 Å². The van der Waals surface area contributed by atoms with Gasteiger partial charge in [-0.3, -0.25) is 23.4 Å². The second-order valence-corrected chi connectivity index (χ2v) is 16.2. The number of alkyl halides is 1. The Kier molecular flexibility index (Phi) is 24.1. The van der Waals surface area contributed by atoms with E-state index in [1.165, 1.54) is 12.5 Å². The van der Waals surface area contributed by atoms with Gasteiger partial charge in [0, 0.05) is 36.6 Å². The van der Waals surface area contributed by atoms with Gasteiger partial charge in [-0.15, -0.1) is 11.6 Å². The molecular weight excluding hydrogens is 706 g/mol. The van der Waals surface area contributed by atoms with Gasteiger partial charge < -0.3 is 41.4 Å². The van der Waals surface area contributed by atoms with Crippen LogP contribution in [0.25, 0.3) is 0 Å². The van der Waals surface area contributed by atoms with E-state index in [-0.39, 0.29) is 31.5 Å². The number of imide groups is 1. The highest BCUT2D eigenvalue weighted by Gasteiger charge is 2.42. The molecule has 1 rings (SSSR count). The third kappa shape index (κ3) is 28.3. The Labute approximate surface area is 298 Å². The number of likely N-dealkylation sites (tertiary alicyclic amines) is 1. The number of aliphatic hydroxyl groups is 1. The number of amides is 2. The maximum Gasteiger partial charge on any atom is 0.417 e. The number of carbonyl (C=O) groups is 7. The molecule has 1 aliphatic heterocycles. The van der Waals surface area contributed by atoms with E-state index in [1.807, 2.05) is 0 Å². The number of carboxylic acids is 3. The number of allylic oxidation sites excluding steroid dienone is 1. The van der Waals surface area contributed by atoms with Crippen LogP contribution in [-0.4, -0.2) is 131 Å². The Bertz CT molecular complexity index is 1310. The predicted octanol–water partition coefficient (Wildman–Crippen LogP) is 1.38. The number of Topliss-reactive ketones (excluding diaryl/α,β-unsaturated/α-hetero) is 1. The van der Waals surface area contributed by atoms with E-state index in [9.17, 15) is 37.8 Å². The van der Waals surface area contributed by atoms with Crippen LogP contribution in [0.1, 0.15) is 80.1 Å². The van der Waals surface area contributed by atoms with E-state index in [0.717, 1.165) is 10.9 Å². The van der Waals surface area contributed by atoms with Crippen molar-refractivity contribution in [2.24, 2.45) is 11.5 Å². The maximum atomic E-state index is 11.6. The quantitative estimate of drug-likeness (QED) is 0.0709. The largest absolute Gasteiger partial charge is 0.480 e. The summed E-state index contributed by atoms with van der Waals surface area (Å²) >= 11 is 5.43. The summed E-state index contributed by atoms with van der Waals surface area (Å²) in [6.45, 7) is 13.3. The Morgan fingerprint density at radius 3 is 1.70 bits per heavy atom. The second kappa shape index (κ2) is 23.8. The van der Waals surface area contributed by atoms with Crippen molar-refractivity contribution in [3.8, 4) is 0 Å². The molecule has 19 heteroatoms. The molecule has 3 atom stereocenters. The van der Waals surface area contributed by atoms with E-state index >= 15 is 0 Å². The van der Waals surface area contributed by atoms with E-state index in [0.29, 0.717) is 23.6 Å². The summed E-state index contributed by atoms with van der Waals surface area (Å²) in [6, 6.07) is -2.92. The van der Waals surface area contributed by atoms with Crippen LogP contribution in [0, 0.1) is 0 Å². The first-order valence-corrected chi connectivity index (χ1v) is 18.1. The first-order valence-electron chi connectivity index (χ1n) is 15.1. The molecule has 50 heavy (non-hydrogen) atoms. The summed E-state index contributed by atoms with van der Waals surface area (Å²) in [7, 11) is -2.20. The summed E-state index contributed by atoms with van der Waals surface area (Å²) < 4.78 is 20.8. The number of nitrogens with zero attached hydrogens (tertiary/aromatic N) is 1. The number of carbonyl (C=O) groups excluding carboxylic acids is 4. The van der Waals surface area contributed by atoms with Crippen molar-refractivity contribution in [3.05, 3.63) is 12.2 Å². The van der Waals surface area contributed by atoms with Gasteiger partial charge in [-0.05, 0) is 76.7 Å². The van der Waals surface area contributed by atoms with Crippen molar-refractivity contribution in [2.75, 3.05) is 25.0 Å². The number of aliphatic hydroxyl groups excluding tert-OH is 1. The Balaban J connectivity index is -0.000000603. The highest BCUT2D eigenvalue weighted by atomic mass is 35.5. The zero-order valence-electron chi connectivity index (χ0n) is 29.9. The molecule has 0 aromatic rings. The Morgan fingerprint density at radius 1 is 0.940 bits per heavy atom. The minimum atomic E-state index is -2.20. The number of aliphatic carboxylic acids is 3. The van der Waals surface area contributed by atoms with Gasteiger partial charge in [0.15, 0.2) is 5.78 Å². The minimum absolute atomic E-state index is 0.0200. The van der Waals surface area contributed by atoms with Crippen molar-refractivity contribution in [2.45, 2.75) is 109 Å². The Hall–Kier alpha value is -3.58. The molecule has 1 aliphatic rings. The van der Waals surface area contributed by atoms with Crippen LogP contribution in [0.2, 0.25) is 0 Å². The number of rotatable bonds is 12. The maximum absolute atomic E-state index is 11.6. The first-order chi connectivity index (χ1) is 22.5. The molecule has 0 bridgehead atoms. The zero-order valence-corrected chi connectivity index (χ0v) is 31.5. The molecule has 0 unspecified atom stereocenters. The molecule has 0 aliphatic carbocycles. The van der Waals surface area contributed by atoms with E-state index in [4.69, 9.17) is 53.0 Å². The monoisotopic (exact) mass is 759 g/mol. The molecule has 0 aromatic heterocycles. The topological polar surface area (TPSA) is 291 Å². The second-order valence-electron chi connectivity index (χ2n) is 13.1. The molecule has 2 amide bonds. The van der Waals surface area contributed by atoms with Crippen LogP contribution in [0.3, 0.4) is 0 Å². The van der Waals surface area contributed by atoms with Gasteiger partial charge in [0.2, 0.25) is 5.91 Å². The molecule has 0 aromatic carbocycles. The fourth-order valence-electron chi connectivity index (χ4n) is 3.18. The number of nitrogens with two attached hydrogens (primary N) is 2. The third-order valence-electron chi connectivity index (χ3n) is 5.39. The SMILES string of the molecule is C=C(CCl)CC[C@H](N)C(=O)O.CC(C)(C)OC(=O)CO.CC(C)(C)OC(=O)N1C(=O)CC[C@H]1C(=O)O.CS(C)(=O)=CC(=O)CC[C@H](N)C(=O)O. The number of ether oxygens (including phenoxy) is 2. The lowest BCUT2D eigenvalue weighted by Crippen LogP contribution is -2.45. The van der Waals surface area contributed by atoms with Crippen LogP contribution in [0.5, 0.6) is 0 Å². The molecule has 8 N–H and O–H groups in total. The van der Waals surface area contributed by atoms with Crippen molar-refractivity contribution >= 4 is 68.2 Å². The molecule has 1 saturated heterocycles. The minimum Gasteiger partial charge on any atom is -0.480 e. The summed E-state index contributed by atoms with van der Waals surface area (Å²) in [5, 5.41) is 35.0. The van der Waals surface area contributed by atoms with Gasteiger partial charge in [-0.1, -0.05) is 12.2 Å². The van der Waals surface area contributed by atoms with Gasteiger partial charge in [0.25, 0.3) is 0 Å². The summed E-state index contributed by atoms with van der Waals surface area (Å²) in [4.78, 5) is 76.5. The molecular formula is C31H54ClN3O14S. The average Bonchev–Trinajstić information content (AvgIpc) is 3.34. The fraction of sp³-hybridized carbons (Fsp3) is 0.677. The Morgan fingerprint density at radius 2 is 1.38 bits per heavy atom. The fourth-order valence-corrected chi connectivity index (χ4v) is 4.06. The van der Waals surface area contributed by atoms with Gasteiger partial charge in [-0.25, -0.2) is 19.3 Å². The summed E-state index contributed by atoms with van der Waals surface area (Å²) in [6.07, 6.45) is 3.29. The van der Waals surface area contributed by atoms with Crippen LogP contribution in [-0.2, 0) is 47.8 Å². The van der Waals surface area contributed by atoms with Crippen molar-refractivity contribution < 1.29 is 67.7 Å². The summed E-state index contributed by atoms with van der Waals surface area (Å²) in [5.74, 6) is -4.33. The molecule has 0 spiro atoms. The molecule has 0 saturated carbocycles. The molecule has 290 valence electrons. The van der Waals surface area contributed by atoms with Crippen molar-refractivity contribution in [3.63, 3.8) is 0 Å². The highest BCUT2D eigenvalue weighted by Crippen LogP contribution is 2.22. The number of esters is 1. The highest BCUT2D eigenvalue weighted by molar-refractivity contribution is 8.01. The lowest BCUT2D eigenvalue weighted by atomic mass is 10.1. The number of halogens is 1. The standard InChI is InChI=1S/C10H15NO5.C8H15NO4S.C7H12ClNO2.C6H12O3/c1-10(2,3)16-9(15)11-6(8(13)14)4-5-7(11)12;1-14(2,13)5-6(10)3-4-7(9)8(11)12;1-5(4-8)2-3-6(9)7(10)11;1-6(2,3)9-5(8)4-7/h6H,4-5H2,1-3H3,(H,13,14);5,7H,3-4,9H2,1-2H3,(H,11,12);6H,1-4,9H2,(H,10,11);7H,4H2,1-3H3/t6-;7-;6-;/m000./s1. The van der Waals surface area contributed by atoms with Crippen LogP contribution >= 0.6 is 11.6 Å². The van der Waals surface area contributed by atoms with Crippen molar-refractivity contribution in [1.82, 2.24) is 4.90 Å². The number of carboxylic acid groups (broad SMARTS) is 3. The van der Waals surface area contributed by atoms with Gasteiger partial charge in [-0.2, -0.15) is 0 Å². The van der Waals surface area contributed by atoms with E-state index in [1.54, 1.807) is 41.5 Å². The van der Waals surface area contributed by atoms with E-state index < -0.39 is 81.3 Å². The van der Waals surface area contributed by atoms with Crippen LogP contribution in [0.15, 0.2) is 12.2 Å². The van der Waals surface area contributed by atoms with Gasteiger partial charge >= 0.3 is 30.0 Å². The van der Waals surface area contributed by atoms with Crippen molar-refractivity contribution in [1.29, 1.82) is 0 Å². The zero-order chi connectivity index (χ0) is 40.2. The van der Waals surface area contributed by atoms with Crippen LogP contribution in [0.4, 0.5) is 4.79 Å². The number of ketones is 1. The lowest BCUT2D eigenvalue weighted by Gasteiger charge is -2.25. The molecule has 1 heterocycles. The first kappa shape index (κ1) is 50.8. The smallest absolute Gasteiger partial charge is 0.417 e. The summed E-state index contributed by atoms with van der Waals surface area (Å²) in [5.41, 5.74) is 10.0. The van der Waals surface area contributed by atoms with E-state index in [2.05, 4.69) is 6.58 Å². The number of hydrogen-bond donors (Lipinski definition) is 6. The average molecular weight is 760 g/mol.